The Hall–Kier alpha value is -2.33. The van der Waals surface area contributed by atoms with Crippen molar-refractivity contribution < 1.29 is 9.59 Å². The lowest BCUT2D eigenvalue weighted by molar-refractivity contribution is -0.161. The lowest BCUT2D eigenvalue weighted by Gasteiger charge is -2.47. The molecule has 31 heavy (non-hydrogen) atoms. The fourth-order valence-corrected chi connectivity index (χ4v) is 5.28. The zero-order valence-electron chi connectivity index (χ0n) is 18.6. The highest BCUT2D eigenvalue weighted by atomic mass is 35.5. The van der Waals surface area contributed by atoms with Gasteiger partial charge in [-0.25, -0.2) is 0 Å². The summed E-state index contributed by atoms with van der Waals surface area (Å²) >= 11 is 6.39. The number of nitrogens with zero attached hydrogens (tertiary/aromatic N) is 2. The Kier molecular flexibility index (Phi) is 6.38. The van der Waals surface area contributed by atoms with Crippen LogP contribution in [0.1, 0.15) is 55.8 Å². The first-order chi connectivity index (χ1) is 14.9. The Labute approximate surface area is 190 Å². The molecule has 0 bridgehead atoms. The Morgan fingerprint density at radius 2 is 1.71 bits per heavy atom. The number of rotatable bonds is 4. The van der Waals surface area contributed by atoms with Gasteiger partial charge in [0.05, 0.1) is 0 Å². The second-order valence-corrected chi connectivity index (χ2v) is 9.63. The summed E-state index contributed by atoms with van der Waals surface area (Å²) in [5.41, 5.74) is 2.84. The molecule has 4 atom stereocenters. The third-order valence-corrected chi connectivity index (χ3v) is 7.58. The number of halogens is 1. The monoisotopic (exact) mass is 438 g/mol. The Morgan fingerprint density at radius 3 is 2.42 bits per heavy atom. The first kappa shape index (κ1) is 21.9. The molecule has 0 spiro atoms. The molecule has 1 aliphatic heterocycles. The standard InChI is InChI=1S/C26H31ClN2O2/c1-17-11-13-20(14-12-17)25-26(31)28(23-10-6-7-18(2)19(23)3)16-24(30)29(25)15-21-8-4-5-9-22(21)27/h4-5,8-9,11-14,18-19,23,25H,6-7,10,15-16H2,1-3H3/t18-,19+,23-,25-/m1/s1. The summed E-state index contributed by atoms with van der Waals surface area (Å²) in [5, 5.41) is 0.613. The Bertz CT molecular complexity index is 958. The van der Waals surface area contributed by atoms with Crippen molar-refractivity contribution in [2.75, 3.05) is 6.54 Å². The summed E-state index contributed by atoms with van der Waals surface area (Å²) in [6, 6.07) is 15.0. The minimum Gasteiger partial charge on any atom is -0.328 e. The quantitative estimate of drug-likeness (QED) is 0.642. The fraction of sp³-hybridized carbons (Fsp3) is 0.462. The van der Waals surface area contributed by atoms with E-state index in [0.717, 1.165) is 29.5 Å². The minimum atomic E-state index is -0.623. The number of benzene rings is 2. The van der Waals surface area contributed by atoms with Crippen molar-refractivity contribution in [1.82, 2.24) is 9.80 Å². The van der Waals surface area contributed by atoms with E-state index in [4.69, 9.17) is 11.6 Å². The molecule has 1 saturated carbocycles. The molecule has 2 aromatic rings. The number of hydrogen-bond donors (Lipinski definition) is 0. The van der Waals surface area contributed by atoms with Crippen LogP contribution in [0.5, 0.6) is 0 Å². The van der Waals surface area contributed by atoms with Crippen LogP contribution >= 0.6 is 11.6 Å². The van der Waals surface area contributed by atoms with Gasteiger partial charge in [-0.05, 0) is 42.4 Å². The average molecular weight is 439 g/mol. The van der Waals surface area contributed by atoms with Gasteiger partial charge >= 0.3 is 0 Å². The predicted octanol–water partition coefficient (Wildman–Crippen LogP) is 5.39. The molecule has 0 N–H and O–H groups in total. The molecule has 4 rings (SSSR count). The molecule has 0 radical (unpaired) electrons. The van der Waals surface area contributed by atoms with E-state index in [1.165, 1.54) is 6.42 Å². The maximum atomic E-state index is 13.9. The molecule has 2 fully saturated rings. The van der Waals surface area contributed by atoms with Gasteiger partial charge < -0.3 is 9.80 Å². The van der Waals surface area contributed by atoms with Crippen molar-refractivity contribution in [3.05, 3.63) is 70.2 Å². The fourth-order valence-electron chi connectivity index (χ4n) is 5.08. The van der Waals surface area contributed by atoms with Crippen molar-refractivity contribution in [2.45, 2.75) is 58.7 Å². The Morgan fingerprint density at radius 1 is 1.00 bits per heavy atom. The lowest BCUT2D eigenvalue weighted by Crippen LogP contribution is -2.60. The normalized spacial score (nSPS) is 27.0. The van der Waals surface area contributed by atoms with Crippen molar-refractivity contribution in [3.8, 4) is 0 Å². The van der Waals surface area contributed by atoms with Gasteiger partial charge in [0.15, 0.2) is 0 Å². The van der Waals surface area contributed by atoms with Gasteiger partial charge in [-0.3, -0.25) is 9.59 Å². The number of hydrogen-bond acceptors (Lipinski definition) is 2. The minimum absolute atomic E-state index is 0.0180. The van der Waals surface area contributed by atoms with E-state index in [2.05, 4.69) is 13.8 Å². The van der Waals surface area contributed by atoms with Gasteiger partial charge in [-0.2, -0.15) is 0 Å². The second kappa shape index (κ2) is 9.04. The molecule has 2 aliphatic rings. The van der Waals surface area contributed by atoms with Gasteiger partial charge in [-0.1, -0.05) is 86.3 Å². The highest BCUT2D eigenvalue weighted by molar-refractivity contribution is 6.31. The van der Waals surface area contributed by atoms with Gasteiger partial charge in [-0.15, -0.1) is 0 Å². The third kappa shape index (κ3) is 4.36. The molecule has 4 nitrogen and oxygen atoms in total. The van der Waals surface area contributed by atoms with Crippen LogP contribution in [0.4, 0.5) is 0 Å². The molecule has 0 unspecified atom stereocenters. The van der Waals surface area contributed by atoms with E-state index < -0.39 is 6.04 Å². The summed E-state index contributed by atoms with van der Waals surface area (Å²) in [4.78, 5) is 30.9. The third-order valence-electron chi connectivity index (χ3n) is 7.21. The van der Waals surface area contributed by atoms with Crippen molar-refractivity contribution >= 4 is 23.4 Å². The zero-order chi connectivity index (χ0) is 22.1. The maximum absolute atomic E-state index is 13.9. The molecule has 1 heterocycles. The maximum Gasteiger partial charge on any atom is 0.250 e. The highest BCUT2D eigenvalue weighted by Gasteiger charge is 2.45. The molecule has 5 heteroatoms. The zero-order valence-corrected chi connectivity index (χ0v) is 19.3. The molecule has 0 aromatic heterocycles. The lowest BCUT2D eigenvalue weighted by atomic mass is 9.76. The van der Waals surface area contributed by atoms with Crippen LogP contribution < -0.4 is 0 Å². The summed E-state index contributed by atoms with van der Waals surface area (Å²) in [7, 11) is 0. The van der Waals surface area contributed by atoms with E-state index in [-0.39, 0.29) is 24.4 Å². The molecule has 164 valence electrons. The van der Waals surface area contributed by atoms with Crippen LogP contribution in [0, 0.1) is 18.8 Å². The predicted molar refractivity (Wildman–Crippen MR) is 124 cm³/mol. The van der Waals surface area contributed by atoms with Gasteiger partial charge in [0.25, 0.3) is 5.91 Å². The van der Waals surface area contributed by atoms with Crippen LogP contribution in [0.25, 0.3) is 0 Å². The first-order valence-electron chi connectivity index (χ1n) is 11.3. The number of amides is 2. The summed E-state index contributed by atoms with van der Waals surface area (Å²) in [6.07, 6.45) is 3.26. The number of carbonyl (C=O) groups excluding carboxylic acids is 2. The van der Waals surface area contributed by atoms with Crippen LogP contribution in [0.3, 0.4) is 0 Å². The number of piperazine rings is 1. The van der Waals surface area contributed by atoms with Crippen LogP contribution in [-0.4, -0.2) is 34.2 Å². The SMILES string of the molecule is Cc1ccc([C@@H]2C(=O)N([C@@H]3CCC[C@@H](C)[C@@H]3C)CC(=O)N2Cc2ccccc2Cl)cc1. The van der Waals surface area contributed by atoms with Crippen molar-refractivity contribution in [2.24, 2.45) is 11.8 Å². The molecule has 1 aliphatic carbocycles. The van der Waals surface area contributed by atoms with Crippen LogP contribution in [-0.2, 0) is 16.1 Å². The van der Waals surface area contributed by atoms with E-state index in [9.17, 15) is 9.59 Å². The van der Waals surface area contributed by atoms with Crippen molar-refractivity contribution in [3.63, 3.8) is 0 Å². The summed E-state index contributed by atoms with van der Waals surface area (Å²) in [5.74, 6) is 0.955. The molecule has 2 aromatic carbocycles. The van der Waals surface area contributed by atoms with E-state index >= 15 is 0 Å². The largest absolute Gasteiger partial charge is 0.328 e. The molecular weight excluding hydrogens is 408 g/mol. The van der Waals surface area contributed by atoms with E-state index in [1.54, 1.807) is 4.90 Å². The topological polar surface area (TPSA) is 40.6 Å². The summed E-state index contributed by atoms with van der Waals surface area (Å²) in [6.45, 7) is 6.98. The van der Waals surface area contributed by atoms with Crippen molar-refractivity contribution in [1.29, 1.82) is 0 Å². The van der Waals surface area contributed by atoms with Crippen LogP contribution in [0.15, 0.2) is 48.5 Å². The first-order valence-corrected chi connectivity index (χ1v) is 11.6. The second-order valence-electron chi connectivity index (χ2n) is 9.23. The summed E-state index contributed by atoms with van der Waals surface area (Å²) < 4.78 is 0. The molecule has 2 amide bonds. The van der Waals surface area contributed by atoms with Crippen LogP contribution in [0.2, 0.25) is 5.02 Å². The van der Waals surface area contributed by atoms with Gasteiger partial charge in [0.1, 0.15) is 12.6 Å². The van der Waals surface area contributed by atoms with Gasteiger partial charge in [0, 0.05) is 17.6 Å². The highest BCUT2D eigenvalue weighted by Crippen LogP contribution is 2.38. The van der Waals surface area contributed by atoms with E-state index in [1.807, 2.05) is 60.4 Å². The molecule has 1 saturated heterocycles. The number of aryl methyl sites for hydroxylation is 1. The van der Waals surface area contributed by atoms with Gasteiger partial charge in [0.2, 0.25) is 5.91 Å². The number of carbonyl (C=O) groups is 2. The average Bonchev–Trinajstić information content (AvgIpc) is 2.75. The van der Waals surface area contributed by atoms with E-state index in [0.29, 0.717) is 23.4 Å². The molecular formula is C26H31ClN2O2. The Balaban J connectivity index is 1.70. The smallest absolute Gasteiger partial charge is 0.250 e.